The quantitative estimate of drug-likeness (QED) is 0.0893. The zero-order valence-electron chi connectivity index (χ0n) is 45.2. The van der Waals surface area contributed by atoms with Crippen molar-refractivity contribution >= 4 is 34.1 Å². The van der Waals surface area contributed by atoms with Crippen LogP contribution in [0.15, 0.2) is 133 Å². The summed E-state index contributed by atoms with van der Waals surface area (Å²) in [6.45, 7) is 34.2. The zero-order valence-corrected chi connectivity index (χ0v) is 45.2. The van der Waals surface area contributed by atoms with Crippen molar-refractivity contribution in [3.8, 4) is 11.1 Å². The molecule has 362 valence electrons. The molecule has 0 radical (unpaired) electrons. The van der Waals surface area contributed by atoms with Gasteiger partial charge in [-0.2, -0.15) is 0 Å². The fourth-order valence-corrected chi connectivity index (χ4v) is 13.5. The number of benzene rings is 6. The third-order valence-corrected chi connectivity index (χ3v) is 20.3. The SMILES string of the molecule is CCCCCCC1(CCCCCC)c2cc(N(c3ccccc3)c3ccc4c(c3)C(C)(C)C(C)(C)C4(C)C)ccc2-c2ccc(N(c3ccccc3)c3ccc4c(c3)C(C)(C)C(C)(C)C4(C)C)cc21. The summed E-state index contributed by atoms with van der Waals surface area (Å²) in [5.41, 5.74) is 19.3. The Hall–Kier alpha value is -5.08. The molecule has 0 saturated carbocycles. The van der Waals surface area contributed by atoms with Crippen LogP contribution in [0.3, 0.4) is 0 Å². The van der Waals surface area contributed by atoms with Crippen molar-refractivity contribution < 1.29 is 0 Å². The van der Waals surface area contributed by atoms with Gasteiger partial charge in [0, 0.05) is 39.5 Å². The topological polar surface area (TPSA) is 6.48 Å². The first kappa shape index (κ1) is 48.9. The molecule has 2 heteroatoms. The number of nitrogens with zero attached hydrogens (tertiary/aromatic N) is 2. The van der Waals surface area contributed by atoms with Crippen LogP contribution in [0.1, 0.15) is 195 Å². The second-order valence-corrected chi connectivity index (χ2v) is 24.7. The first-order valence-electron chi connectivity index (χ1n) is 27.0. The van der Waals surface area contributed by atoms with Gasteiger partial charge in [-0.15, -0.1) is 0 Å². The molecule has 69 heavy (non-hydrogen) atoms. The van der Waals surface area contributed by atoms with E-state index in [9.17, 15) is 0 Å². The lowest BCUT2D eigenvalue weighted by molar-refractivity contribution is 0.125. The molecule has 0 unspecified atom stereocenters. The van der Waals surface area contributed by atoms with E-state index >= 15 is 0 Å². The number of para-hydroxylation sites is 2. The molecule has 3 aliphatic rings. The number of fused-ring (bicyclic) bond motifs is 5. The van der Waals surface area contributed by atoms with E-state index in [1.165, 1.54) is 130 Å². The maximum Gasteiger partial charge on any atom is 0.0465 e. The molecule has 0 saturated heterocycles. The number of unbranched alkanes of at least 4 members (excludes halogenated alkanes) is 6. The summed E-state index contributed by atoms with van der Waals surface area (Å²) in [4.78, 5) is 5.11. The summed E-state index contributed by atoms with van der Waals surface area (Å²) in [6, 6.07) is 52.2. The van der Waals surface area contributed by atoms with Crippen LogP contribution in [0, 0.1) is 10.8 Å². The van der Waals surface area contributed by atoms with Gasteiger partial charge in [-0.1, -0.05) is 209 Å². The summed E-state index contributed by atoms with van der Waals surface area (Å²) in [7, 11) is 0. The molecule has 3 aliphatic carbocycles. The van der Waals surface area contributed by atoms with Crippen LogP contribution in [-0.2, 0) is 27.1 Å². The minimum Gasteiger partial charge on any atom is -0.310 e. The monoisotopic (exact) mass is 917 g/mol. The molecule has 6 aromatic carbocycles. The molecule has 0 spiro atoms. The van der Waals surface area contributed by atoms with Crippen LogP contribution >= 0.6 is 0 Å². The lowest BCUT2D eigenvalue weighted by atomic mass is 9.59. The summed E-state index contributed by atoms with van der Waals surface area (Å²) in [6.07, 6.45) is 12.3. The number of anilines is 6. The summed E-state index contributed by atoms with van der Waals surface area (Å²) in [5.74, 6) is 0. The molecule has 0 aliphatic heterocycles. The maximum absolute atomic E-state index is 2.63. The summed E-state index contributed by atoms with van der Waals surface area (Å²) < 4.78 is 0. The van der Waals surface area contributed by atoms with E-state index in [0.29, 0.717) is 0 Å². The Morgan fingerprint density at radius 2 is 0.623 bits per heavy atom. The fraction of sp³-hybridized carbons (Fsp3) is 0.463. The van der Waals surface area contributed by atoms with Crippen LogP contribution in [0.4, 0.5) is 34.1 Å². The lowest BCUT2D eigenvalue weighted by Gasteiger charge is -2.44. The second kappa shape index (κ2) is 17.6. The van der Waals surface area contributed by atoms with E-state index in [-0.39, 0.29) is 37.9 Å². The van der Waals surface area contributed by atoms with Crippen molar-refractivity contribution in [3.63, 3.8) is 0 Å². The van der Waals surface area contributed by atoms with Gasteiger partial charge in [0.2, 0.25) is 0 Å². The van der Waals surface area contributed by atoms with E-state index in [1.54, 1.807) is 0 Å². The maximum atomic E-state index is 2.63. The van der Waals surface area contributed by atoms with Crippen LogP contribution < -0.4 is 9.80 Å². The predicted octanol–water partition coefficient (Wildman–Crippen LogP) is 20.0. The fourth-order valence-electron chi connectivity index (χ4n) is 13.5. The van der Waals surface area contributed by atoms with Gasteiger partial charge in [-0.05, 0) is 163 Å². The minimum absolute atomic E-state index is 0.00440. The molecule has 9 rings (SSSR count). The molecule has 6 aromatic rings. The smallest absolute Gasteiger partial charge is 0.0465 e. The normalized spacial score (nSPS) is 18.8. The number of rotatable bonds is 16. The Kier molecular flexibility index (Phi) is 12.5. The average molecular weight is 917 g/mol. The van der Waals surface area contributed by atoms with Crippen LogP contribution in [0.25, 0.3) is 11.1 Å². The van der Waals surface area contributed by atoms with Crippen LogP contribution in [0.2, 0.25) is 0 Å². The molecular formula is C67H84N2. The van der Waals surface area contributed by atoms with Gasteiger partial charge >= 0.3 is 0 Å². The highest BCUT2D eigenvalue weighted by Gasteiger charge is 2.58. The standard InChI is InChI=1S/C67H84N2/c1-15-17-19-27-41-67(42-28-20-18-16-2)57-43-49(68(47-29-23-21-24-30-47)51-35-39-55-59(45-51)63(7,8)65(11,12)61(55,3)4)33-37-53(57)54-38-34-50(44-58(54)67)69(48-31-25-22-26-32-48)52-36-40-56-60(46-52)64(9,10)66(13,14)62(56,5)6/h21-26,29-40,43-46H,15-20,27-28,41-42H2,1-14H3. The van der Waals surface area contributed by atoms with Gasteiger partial charge < -0.3 is 9.80 Å². The highest BCUT2D eigenvalue weighted by Crippen LogP contribution is 2.64. The first-order valence-corrected chi connectivity index (χ1v) is 27.0. The molecule has 0 N–H and O–H groups in total. The first-order chi connectivity index (χ1) is 32.7. The Labute approximate surface area is 419 Å². The average Bonchev–Trinajstić information content (AvgIpc) is 3.69. The van der Waals surface area contributed by atoms with Crippen LogP contribution in [-0.4, -0.2) is 0 Å². The Morgan fingerprint density at radius 1 is 0.304 bits per heavy atom. The highest BCUT2D eigenvalue weighted by atomic mass is 15.1. The van der Waals surface area contributed by atoms with Gasteiger partial charge in [0.05, 0.1) is 0 Å². The van der Waals surface area contributed by atoms with Crippen molar-refractivity contribution in [3.05, 3.63) is 167 Å². The van der Waals surface area contributed by atoms with E-state index < -0.39 is 0 Å². The minimum atomic E-state index is -0.120. The van der Waals surface area contributed by atoms with E-state index in [1.807, 2.05) is 0 Å². The lowest BCUT2D eigenvalue weighted by Crippen LogP contribution is -2.42. The van der Waals surface area contributed by atoms with Gasteiger partial charge in [0.1, 0.15) is 0 Å². The third-order valence-electron chi connectivity index (χ3n) is 20.3. The summed E-state index contributed by atoms with van der Waals surface area (Å²) >= 11 is 0. The van der Waals surface area contributed by atoms with Gasteiger partial charge in [-0.3, -0.25) is 0 Å². The highest BCUT2D eigenvalue weighted by molar-refractivity contribution is 5.89. The molecular weight excluding hydrogens is 833 g/mol. The predicted molar refractivity (Wildman–Crippen MR) is 299 cm³/mol. The van der Waals surface area contributed by atoms with Crippen LogP contribution in [0.5, 0.6) is 0 Å². The number of hydrogen-bond acceptors (Lipinski definition) is 2. The Morgan fingerprint density at radius 3 is 0.971 bits per heavy atom. The molecule has 0 fully saturated rings. The molecule has 0 bridgehead atoms. The third kappa shape index (κ3) is 7.46. The molecule has 0 atom stereocenters. The van der Waals surface area contributed by atoms with Crippen molar-refractivity contribution in [1.82, 2.24) is 0 Å². The van der Waals surface area contributed by atoms with E-state index in [4.69, 9.17) is 0 Å². The van der Waals surface area contributed by atoms with Crippen molar-refractivity contribution in [2.24, 2.45) is 10.8 Å². The molecule has 2 nitrogen and oxygen atoms in total. The molecule has 0 amide bonds. The van der Waals surface area contributed by atoms with Gasteiger partial charge in [0.15, 0.2) is 0 Å². The number of hydrogen-bond donors (Lipinski definition) is 0. The second-order valence-electron chi connectivity index (χ2n) is 24.7. The summed E-state index contributed by atoms with van der Waals surface area (Å²) in [5, 5.41) is 0. The largest absolute Gasteiger partial charge is 0.310 e. The molecule has 0 aromatic heterocycles. The van der Waals surface area contributed by atoms with Crippen molar-refractivity contribution in [2.45, 2.75) is 188 Å². The van der Waals surface area contributed by atoms with Gasteiger partial charge in [-0.25, -0.2) is 0 Å². The molecule has 0 heterocycles. The Bertz CT molecular complexity index is 2620. The van der Waals surface area contributed by atoms with Crippen molar-refractivity contribution in [2.75, 3.05) is 9.80 Å². The zero-order chi connectivity index (χ0) is 49.4. The Balaban J connectivity index is 1.23. The van der Waals surface area contributed by atoms with Crippen molar-refractivity contribution in [1.29, 1.82) is 0 Å². The van der Waals surface area contributed by atoms with E-state index in [2.05, 4.69) is 240 Å². The van der Waals surface area contributed by atoms with E-state index in [0.717, 1.165) is 12.8 Å². The van der Waals surface area contributed by atoms with Gasteiger partial charge in [0.25, 0.3) is 0 Å².